The highest BCUT2D eigenvalue weighted by molar-refractivity contribution is 7.09. The van der Waals surface area contributed by atoms with Crippen molar-refractivity contribution < 1.29 is 4.79 Å². The van der Waals surface area contributed by atoms with Crippen LogP contribution < -0.4 is 5.32 Å². The van der Waals surface area contributed by atoms with Gasteiger partial charge in [0.2, 0.25) is 0 Å². The number of hydrogen-bond acceptors (Lipinski definition) is 3. The molecule has 0 atom stereocenters. The van der Waals surface area contributed by atoms with Crippen LogP contribution in [0.5, 0.6) is 0 Å². The summed E-state index contributed by atoms with van der Waals surface area (Å²) in [4.78, 5) is 22.4. The van der Waals surface area contributed by atoms with Crippen LogP contribution in [0, 0.1) is 6.92 Å². The second-order valence-electron chi connectivity index (χ2n) is 4.46. The Morgan fingerprint density at radius 3 is 3.05 bits per heavy atom. The molecule has 20 heavy (non-hydrogen) atoms. The standard InChI is InChI=1S/C14H14N4OS/c1-9-18-13(8-20-9)11-4-12(16-7-11)14(19)17-6-10-2-3-15-5-10/h2-5,7-8,15-16H,6H2,1H3,(H,17,19). The van der Waals surface area contributed by atoms with Gasteiger partial charge in [-0.15, -0.1) is 11.3 Å². The van der Waals surface area contributed by atoms with Gasteiger partial charge >= 0.3 is 0 Å². The SMILES string of the molecule is Cc1nc(-c2c[nH]c(C(=O)NCc3cc[nH]c3)c2)cs1. The Morgan fingerprint density at radius 2 is 2.35 bits per heavy atom. The van der Waals surface area contributed by atoms with Crippen molar-refractivity contribution in [3.8, 4) is 11.3 Å². The first-order valence-corrected chi connectivity index (χ1v) is 7.11. The molecule has 0 spiro atoms. The normalized spacial score (nSPS) is 10.7. The molecule has 0 aliphatic carbocycles. The van der Waals surface area contributed by atoms with Gasteiger partial charge in [0.1, 0.15) is 5.69 Å². The van der Waals surface area contributed by atoms with E-state index in [0.717, 1.165) is 21.8 Å². The third-order valence-corrected chi connectivity index (χ3v) is 3.73. The van der Waals surface area contributed by atoms with Gasteiger partial charge in [-0.3, -0.25) is 4.79 Å². The van der Waals surface area contributed by atoms with Crippen molar-refractivity contribution in [1.82, 2.24) is 20.3 Å². The molecule has 0 aliphatic heterocycles. The molecular formula is C14H14N4OS. The van der Waals surface area contributed by atoms with Gasteiger partial charge in [0.15, 0.2) is 0 Å². The lowest BCUT2D eigenvalue weighted by molar-refractivity contribution is 0.0946. The third-order valence-electron chi connectivity index (χ3n) is 2.96. The van der Waals surface area contributed by atoms with Crippen LogP contribution in [0.4, 0.5) is 0 Å². The zero-order valence-corrected chi connectivity index (χ0v) is 11.8. The lowest BCUT2D eigenvalue weighted by Crippen LogP contribution is -2.22. The van der Waals surface area contributed by atoms with Crippen molar-refractivity contribution >= 4 is 17.2 Å². The van der Waals surface area contributed by atoms with Crippen LogP contribution >= 0.6 is 11.3 Å². The summed E-state index contributed by atoms with van der Waals surface area (Å²) in [7, 11) is 0. The number of rotatable bonds is 4. The fraction of sp³-hybridized carbons (Fsp3) is 0.143. The van der Waals surface area contributed by atoms with Crippen LogP contribution in [0.3, 0.4) is 0 Å². The molecule has 3 aromatic rings. The van der Waals surface area contributed by atoms with Gasteiger partial charge < -0.3 is 15.3 Å². The number of thiazole rings is 1. The molecule has 6 heteroatoms. The minimum Gasteiger partial charge on any atom is -0.367 e. The first-order chi connectivity index (χ1) is 9.72. The Kier molecular flexibility index (Phi) is 3.39. The molecule has 1 amide bonds. The highest BCUT2D eigenvalue weighted by Gasteiger charge is 2.10. The molecule has 3 heterocycles. The summed E-state index contributed by atoms with van der Waals surface area (Å²) >= 11 is 1.60. The summed E-state index contributed by atoms with van der Waals surface area (Å²) in [6.07, 6.45) is 5.50. The Hall–Kier alpha value is -2.34. The van der Waals surface area contributed by atoms with Gasteiger partial charge in [0.25, 0.3) is 5.91 Å². The van der Waals surface area contributed by atoms with Crippen LogP contribution in [0.15, 0.2) is 36.1 Å². The molecule has 3 N–H and O–H groups in total. The maximum absolute atomic E-state index is 12.0. The van der Waals surface area contributed by atoms with E-state index in [1.54, 1.807) is 17.5 Å². The van der Waals surface area contributed by atoms with Crippen LogP contribution in [-0.4, -0.2) is 20.9 Å². The van der Waals surface area contributed by atoms with Crippen LogP contribution in [0.2, 0.25) is 0 Å². The first-order valence-electron chi connectivity index (χ1n) is 6.23. The number of nitrogens with one attached hydrogen (secondary N) is 3. The highest BCUT2D eigenvalue weighted by atomic mass is 32.1. The lowest BCUT2D eigenvalue weighted by atomic mass is 10.2. The number of hydrogen-bond donors (Lipinski definition) is 3. The second-order valence-corrected chi connectivity index (χ2v) is 5.52. The first kappa shape index (κ1) is 12.7. The second kappa shape index (κ2) is 5.34. The smallest absolute Gasteiger partial charge is 0.267 e. The minimum absolute atomic E-state index is 0.121. The van der Waals surface area contributed by atoms with Crippen LogP contribution in [-0.2, 0) is 6.54 Å². The summed E-state index contributed by atoms with van der Waals surface area (Å²) < 4.78 is 0. The van der Waals surface area contributed by atoms with Gasteiger partial charge in [-0.2, -0.15) is 0 Å². The molecule has 0 bridgehead atoms. The minimum atomic E-state index is -0.121. The van der Waals surface area contributed by atoms with Crippen LogP contribution in [0.25, 0.3) is 11.3 Å². The molecule has 0 aliphatic rings. The summed E-state index contributed by atoms with van der Waals surface area (Å²) in [5.74, 6) is -0.121. The number of carbonyl (C=O) groups excluding carboxylic acids is 1. The number of amides is 1. The molecule has 0 aromatic carbocycles. The summed E-state index contributed by atoms with van der Waals surface area (Å²) in [5, 5.41) is 5.86. The number of aromatic amines is 2. The Morgan fingerprint density at radius 1 is 1.45 bits per heavy atom. The molecular weight excluding hydrogens is 272 g/mol. The maximum atomic E-state index is 12.0. The molecule has 3 rings (SSSR count). The topological polar surface area (TPSA) is 73.6 Å². The van der Waals surface area contributed by atoms with Crippen molar-refractivity contribution in [2.24, 2.45) is 0 Å². The van der Waals surface area contributed by atoms with Gasteiger partial charge in [-0.1, -0.05) is 0 Å². The number of nitrogens with zero attached hydrogens (tertiary/aromatic N) is 1. The summed E-state index contributed by atoms with van der Waals surface area (Å²) in [6.45, 7) is 2.47. The van der Waals surface area contributed by atoms with E-state index in [0.29, 0.717) is 12.2 Å². The lowest BCUT2D eigenvalue weighted by Gasteiger charge is -2.01. The summed E-state index contributed by atoms with van der Waals surface area (Å²) in [6, 6.07) is 3.75. The average molecular weight is 286 g/mol. The van der Waals surface area contributed by atoms with Gasteiger partial charge in [-0.25, -0.2) is 4.98 Å². The van der Waals surface area contributed by atoms with Gasteiger partial charge in [-0.05, 0) is 24.6 Å². The van der Waals surface area contributed by atoms with E-state index in [1.807, 2.05) is 36.8 Å². The van der Waals surface area contributed by atoms with E-state index in [2.05, 4.69) is 20.3 Å². The Labute approximate surface area is 120 Å². The molecule has 0 saturated carbocycles. The van der Waals surface area contributed by atoms with Gasteiger partial charge in [0, 0.05) is 36.1 Å². The highest BCUT2D eigenvalue weighted by Crippen LogP contribution is 2.22. The van der Waals surface area contributed by atoms with E-state index < -0.39 is 0 Å². The van der Waals surface area contributed by atoms with Crippen molar-refractivity contribution in [2.45, 2.75) is 13.5 Å². The Balaban J connectivity index is 1.68. The predicted molar refractivity (Wildman–Crippen MR) is 78.6 cm³/mol. The molecule has 0 unspecified atom stereocenters. The van der Waals surface area contributed by atoms with Gasteiger partial charge in [0.05, 0.1) is 10.7 Å². The zero-order chi connectivity index (χ0) is 13.9. The number of aryl methyl sites for hydroxylation is 1. The summed E-state index contributed by atoms with van der Waals surface area (Å²) in [5.41, 5.74) is 3.41. The number of H-pyrrole nitrogens is 2. The zero-order valence-electron chi connectivity index (χ0n) is 10.9. The van der Waals surface area contributed by atoms with Crippen LogP contribution in [0.1, 0.15) is 21.1 Å². The van der Waals surface area contributed by atoms with Crippen molar-refractivity contribution in [2.75, 3.05) is 0 Å². The average Bonchev–Trinajstić information content (AvgIpc) is 3.16. The molecule has 102 valence electrons. The van der Waals surface area contributed by atoms with E-state index in [-0.39, 0.29) is 5.91 Å². The molecule has 0 saturated heterocycles. The largest absolute Gasteiger partial charge is 0.367 e. The molecule has 0 fully saturated rings. The number of aromatic nitrogens is 3. The van der Waals surface area contributed by atoms with Crippen molar-refractivity contribution in [1.29, 1.82) is 0 Å². The quantitative estimate of drug-likeness (QED) is 0.690. The maximum Gasteiger partial charge on any atom is 0.267 e. The number of carbonyl (C=O) groups is 1. The molecule has 0 radical (unpaired) electrons. The van der Waals surface area contributed by atoms with E-state index >= 15 is 0 Å². The van der Waals surface area contributed by atoms with Crippen molar-refractivity contribution in [3.05, 3.63) is 52.4 Å². The van der Waals surface area contributed by atoms with E-state index in [9.17, 15) is 4.79 Å². The van der Waals surface area contributed by atoms with Crippen molar-refractivity contribution in [3.63, 3.8) is 0 Å². The monoisotopic (exact) mass is 286 g/mol. The van der Waals surface area contributed by atoms with E-state index in [4.69, 9.17) is 0 Å². The Bertz CT molecular complexity index is 711. The fourth-order valence-electron chi connectivity index (χ4n) is 1.92. The third kappa shape index (κ3) is 2.65. The molecule has 5 nitrogen and oxygen atoms in total. The van der Waals surface area contributed by atoms with E-state index in [1.165, 1.54) is 0 Å². The predicted octanol–water partition coefficient (Wildman–Crippen LogP) is 2.70. The fourth-order valence-corrected chi connectivity index (χ4v) is 2.54. The molecule has 3 aromatic heterocycles.